The zero-order valence-electron chi connectivity index (χ0n) is 11.1. The summed E-state index contributed by atoms with van der Waals surface area (Å²) in [6.45, 7) is 2.76. The van der Waals surface area contributed by atoms with Crippen LogP contribution in [0.3, 0.4) is 0 Å². The van der Waals surface area contributed by atoms with Crippen molar-refractivity contribution in [2.45, 2.75) is 19.9 Å². The van der Waals surface area contributed by atoms with E-state index >= 15 is 0 Å². The highest BCUT2D eigenvalue weighted by Crippen LogP contribution is 2.18. The maximum absolute atomic E-state index is 12.2. The van der Waals surface area contributed by atoms with Crippen molar-refractivity contribution in [2.24, 2.45) is 0 Å². The van der Waals surface area contributed by atoms with Gasteiger partial charge in [0, 0.05) is 24.7 Å². The lowest BCUT2D eigenvalue weighted by atomic mass is 10.2. The number of nitrogens with one attached hydrogen (secondary N) is 1. The van der Waals surface area contributed by atoms with Gasteiger partial charge in [0.25, 0.3) is 5.91 Å². The molecule has 5 nitrogen and oxygen atoms in total. The topological polar surface area (TPSA) is 67.2 Å². The number of thiophene rings is 1. The first-order valence-corrected chi connectivity index (χ1v) is 7.13. The van der Waals surface area contributed by atoms with E-state index in [9.17, 15) is 4.79 Å². The molecule has 0 spiro atoms. The molecule has 0 fully saturated rings. The third kappa shape index (κ3) is 3.47. The molecule has 2 N–H and O–H groups in total. The first kappa shape index (κ1) is 14.3. The molecule has 0 bridgehead atoms. The lowest BCUT2D eigenvalue weighted by Gasteiger charge is -2.00. The van der Waals surface area contributed by atoms with Crippen LogP contribution in [0.5, 0.6) is 0 Å². The minimum absolute atomic E-state index is 0.0227. The standard InChI is InChI=1S/C14H15N3O2S/c1-2-17-10-12(9-15-17)16-14(19)13-11(6-8-20-13)5-3-4-7-18/h6,8-10,18H,2,4,7H2,1H3,(H,16,19). The van der Waals surface area contributed by atoms with Gasteiger partial charge in [-0.1, -0.05) is 11.8 Å². The molecule has 0 unspecified atom stereocenters. The van der Waals surface area contributed by atoms with E-state index in [1.54, 1.807) is 23.1 Å². The first-order chi connectivity index (χ1) is 9.74. The molecule has 2 rings (SSSR count). The van der Waals surface area contributed by atoms with Crippen LogP contribution < -0.4 is 5.32 Å². The number of aliphatic hydroxyl groups is 1. The van der Waals surface area contributed by atoms with Gasteiger partial charge in [-0.15, -0.1) is 11.3 Å². The number of carbonyl (C=O) groups is 1. The third-order valence-corrected chi connectivity index (χ3v) is 3.46. The van der Waals surface area contributed by atoms with Crippen molar-refractivity contribution in [2.75, 3.05) is 11.9 Å². The minimum atomic E-state index is -0.191. The lowest BCUT2D eigenvalue weighted by Crippen LogP contribution is -2.11. The number of hydrogen-bond acceptors (Lipinski definition) is 4. The number of amides is 1. The molecule has 2 aromatic rings. The summed E-state index contributed by atoms with van der Waals surface area (Å²) in [6, 6.07) is 1.80. The Morgan fingerprint density at radius 1 is 1.60 bits per heavy atom. The second kappa shape index (κ2) is 6.89. The number of nitrogens with zero attached hydrogens (tertiary/aromatic N) is 2. The zero-order valence-corrected chi connectivity index (χ0v) is 11.9. The van der Waals surface area contributed by atoms with E-state index in [2.05, 4.69) is 22.3 Å². The smallest absolute Gasteiger partial charge is 0.267 e. The van der Waals surface area contributed by atoms with Gasteiger partial charge < -0.3 is 10.4 Å². The van der Waals surface area contributed by atoms with Gasteiger partial charge in [0.1, 0.15) is 4.88 Å². The molecule has 0 aliphatic carbocycles. The molecule has 104 valence electrons. The number of hydrogen-bond donors (Lipinski definition) is 2. The fourth-order valence-electron chi connectivity index (χ4n) is 1.59. The van der Waals surface area contributed by atoms with Gasteiger partial charge in [-0.25, -0.2) is 0 Å². The van der Waals surface area contributed by atoms with Crippen LogP contribution in [-0.2, 0) is 6.54 Å². The SMILES string of the molecule is CCn1cc(NC(=O)c2sccc2C#CCCO)cn1. The van der Waals surface area contributed by atoms with Gasteiger partial charge in [0.15, 0.2) is 0 Å². The minimum Gasteiger partial charge on any atom is -0.395 e. The Bertz CT molecular complexity index is 649. The van der Waals surface area contributed by atoms with Crippen molar-refractivity contribution in [1.29, 1.82) is 0 Å². The Labute approximate surface area is 121 Å². The van der Waals surface area contributed by atoms with Crippen molar-refractivity contribution in [3.05, 3.63) is 34.3 Å². The monoisotopic (exact) mass is 289 g/mol. The molecule has 0 saturated heterocycles. The Morgan fingerprint density at radius 2 is 2.45 bits per heavy atom. The number of aromatic nitrogens is 2. The summed E-state index contributed by atoms with van der Waals surface area (Å²) in [5.74, 6) is 5.53. The zero-order chi connectivity index (χ0) is 14.4. The van der Waals surface area contributed by atoms with Gasteiger partial charge in [-0.2, -0.15) is 5.10 Å². The summed E-state index contributed by atoms with van der Waals surface area (Å²) in [4.78, 5) is 12.7. The van der Waals surface area contributed by atoms with Gasteiger partial charge in [0.2, 0.25) is 0 Å². The predicted molar refractivity (Wildman–Crippen MR) is 78.8 cm³/mol. The Balaban J connectivity index is 2.10. The molecule has 0 aromatic carbocycles. The average molecular weight is 289 g/mol. The summed E-state index contributed by atoms with van der Waals surface area (Å²) in [5.41, 5.74) is 1.35. The highest BCUT2D eigenvalue weighted by molar-refractivity contribution is 7.12. The van der Waals surface area contributed by atoms with E-state index < -0.39 is 0 Å². The number of anilines is 1. The fourth-order valence-corrected chi connectivity index (χ4v) is 2.33. The lowest BCUT2D eigenvalue weighted by molar-refractivity contribution is 0.103. The molecule has 2 aromatic heterocycles. The molecular weight excluding hydrogens is 274 g/mol. The van der Waals surface area contributed by atoms with Crippen LogP contribution in [-0.4, -0.2) is 27.4 Å². The van der Waals surface area contributed by atoms with Crippen LogP contribution in [0.4, 0.5) is 5.69 Å². The molecular formula is C14H15N3O2S. The van der Waals surface area contributed by atoms with Crippen LogP contribution in [0.2, 0.25) is 0 Å². The van der Waals surface area contributed by atoms with E-state index in [1.807, 2.05) is 12.3 Å². The van der Waals surface area contributed by atoms with Crippen molar-refractivity contribution < 1.29 is 9.90 Å². The fraction of sp³-hybridized carbons (Fsp3) is 0.286. The molecule has 6 heteroatoms. The normalized spacial score (nSPS) is 9.90. The molecule has 0 atom stereocenters. The second-order valence-electron chi connectivity index (χ2n) is 3.98. The molecule has 2 heterocycles. The van der Waals surface area contributed by atoms with Crippen molar-refractivity contribution in [3.8, 4) is 11.8 Å². The number of aryl methyl sites for hydroxylation is 1. The van der Waals surface area contributed by atoms with Crippen LogP contribution in [0.15, 0.2) is 23.8 Å². The summed E-state index contributed by atoms with van der Waals surface area (Å²) in [7, 11) is 0. The van der Waals surface area contributed by atoms with E-state index in [0.29, 0.717) is 22.5 Å². The summed E-state index contributed by atoms with van der Waals surface area (Å²) < 4.78 is 1.74. The van der Waals surface area contributed by atoms with Gasteiger partial charge in [0.05, 0.1) is 18.5 Å². The van der Waals surface area contributed by atoms with Crippen LogP contribution in [0.25, 0.3) is 0 Å². The van der Waals surface area contributed by atoms with Crippen LogP contribution in [0, 0.1) is 11.8 Å². The quantitative estimate of drug-likeness (QED) is 0.845. The number of rotatable bonds is 4. The first-order valence-electron chi connectivity index (χ1n) is 6.25. The van der Waals surface area contributed by atoms with E-state index in [1.165, 1.54) is 11.3 Å². The largest absolute Gasteiger partial charge is 0.395 e. The Hall–Kier alpha value is -2.10. The van der Waals surface area contributed by atoms with E-state index in [-0.39, 0.29) is 12.5 Å². The van der Waals surface area contributed by atoms with E-state index in [4.69, 9.17) is 5.11 Å². The maximum atomic E-state index is 12.2. The van der Waals surface area contributed by atoms with E-state index in [0.717, 1.165) is 6.54 Å². The molecule has 0 aliphatic heterocycles. The Kier molecular flexibility index (Phi) is 4.93. The average Bonchev–Trinajstić information content (AvgIpc) is 3.07. The predicted octanol–water partition coefficient (Wildman–Crippen LogP) is 1.95. The number of carbonyl (C=O) groups excluding carboxylic acids is 1. The molecule has 0 aliphatic rings. The third-order valence-electron chi connectivity index (χ3n) is 2.55. The maximum Gasteiger partial charge on any atom is 0.267 e. The highest BCUT2D eigenvalue weighted by atomic mass is 32.1. The summed E-state index contributed by atoms with van der Waals surface area (Å²) >= 11 is 1.34. The van der Waals surface area contributed by atoms with Gasteiger partial charge in [-0.3, -0.25) is 9.48 Å². The van der Waals surface area contributed by atoms with Crippen LogP contribution in [0.1, 0.15) is 28.6 Å². The summed E-state index contributed by atoms with van der Waals surface area (Å²) in [6.07, 6.45) is 3.80. The van der Waals surface area contributed by atoms with Crippen molar-refractivity contribution in [1.82, 2.24) is 9.78 Å². The van der Waals surface area contributed by atoms with Crippen LogP contribution >= 0.6 is 11.3 Å². The van der Waals surface area contributed by atoms with Crippen molar-refractivity contribution in [3.63, 3.8) is 0 Å². The Morgan fingerprint density at radius 3 is 3.15 bits per heavy atom. The molecule has 0 saturated carbocycles. The summed E-state index contributed by atoms with van der Waals surface area (Å²) in [5, 5.41) is 17.4. The highest BCUT2D eigenvalue weighted by Gasteiger charge is 2.12. The molecule has 1 amide bonds. The van der Waals surface area contributed by atoms with Crippen molar-refractivity contribution >= 4 is 22.9 Å². The number of aliphatic hydroxyl groups excluding tert-OH is 1. The van der Waals surface area contributed by atoms with Gasteiger partial charge in [-0.05, 0) is 18.4 Å². The van der Waals surface area contributed by atoms with Gasteiger partial charge >= 0.3 is 0 Å². The second-order valence-corrected chi connectivity index (χ2v) is 4.89. The molecule has 20 heavy (non-hydrogen) atoms. The molecule has 0 radical (unpaired) electrons.